The van der Waals surface area contributed by atoms with Crippen molar-refractivity contribution in [2.24, 2.45) is 0 Å². The number of unbranched alkanes of at least 4 members (excludes halogenated alkanes) is 1. The van der Waals surface area contributed by atoms with Gasteiger partial charge >= 0.3 is 0 Å². The molecule has 0 unspecified atom stereocenters. The van der Waals surface area contributed by atoms with E-state index < -0.39 is 0 Å². The first-order chi connectivity index (χ1) is 10.3. The number of carbonyl (C=O) groups excluding carboxylic acids is 1. The van der Waals surface area contributed by atoms with Crippen LogP contribution in [-0.2, 0) is 0 Å². The molecule has 0 aliphatic rings. The van der Waals surface area contributed by atoms with Crippen LogP contribution in [0.5, 0.6) is 5.75 Å². The number of amides is 1. The molecular weight excluding hydrogens is 269 g/mol. The van der Waals surface area contributed by atoms with Crippen molar-refractivity contribution in [1.82, 2.24) is 5.32 Å². The minimum absolute atomic E-state index is 0.0601. The van der Waals surface area contributed by atoms with Crippen LogP contribution in [-0.4, -0.2) is 19.1 Å². The molecule has 2 aromatic rings. The second-order valence-electron chi connectivity index (χ2n) is 4.63. The average Bonchev–Trinajstić information content (AvgIpc) is 2.53. The van der Waals surface area contributed by atoms with Crippen molar-refractivity contribution in [2.75, 3.05) is 13.2 Å². The van der Waals surface area contributed by atoms with Crippen LogP contribution in [0.4, 0.5) is 4.39 Å². The molecule has 0 atom stereocenters. The summed E-state index contributed by atoms with van der Waals surface area (Å²) >= 11 is 0. The zero-order valence-electron chi connectivity index (χ0n) is 11.7. The van der Waals surface area contributed by atoms with Gasteiger partial charge in [0.15, 0.2) is 0 Å². The smallest absolute Gasteiger partial charge is 0.251 e. The number of hydrogen-bond acceptors (Lipinski definition) is 2. The van der Waals surface area contributed by atoms with E-state index in [0.29, 0.717) is 24.5 Å². The predicted molar refractivity (Wildman–Crippen MR) is 79.9 cm³/mol. The summed E-state index contributed by atoms with van der Waals surface area (Å²) in [6.45, 7) is 1.16. The maximum atomic E-state index is 12.7. The molecule has 0 spiro atoms. The van der Waals surface area contributed by atoms with Crippen molar-refractivity contribution in [3.63, 3.8) is 0 Å². The Morgan fingerprint density at radius 3 is 2.43 bits per heavy atom. The van der Waals surface area contributed by atoms with Crippen LogP contribution in [0.15, 0.2) is 54.6 Å². The number of rotatable bonds is 7. The summed E-state index contributed by atoms with van der Waals surface area (Å²) in [6, 6.07) is 15.1. The fourth-order valence-corrected chi connectivity index (χ4v) is 1.84. The van der Waals surface area contributed by atoms with Crippen LogP contribution in [0.2, 0.25) is 0 Å². The molecule has 0 aliphatic heterocycles. The Kier molecular flexibility index (Phi) is 5.76. The molecule has 0 heterocycles. The van der Waals surface area contributed by atoms with Gasteiger partial charge in [-0.3, -0.25) is 4.79 Å². The fraction of sp³-hybridized carbons (Fsp3) is 0.235. The maximum Gasteiger partial charge on any atom is 0.251 e. The monoisotopic (exact) mass is 287 g/mol. The molecule has 2 aromatic carbocycles. The van der Waals surface area contributed by atoms with Crippen molar-refractivity contribution < 1.29 is 13.9 Å². The molecule has 0 aliphatic carbocycles. The van der Waals surface area contributed by atoms with E-state index in [4.69, 9.17) is 4.74 Å². The van der Waals surface area contributed by atoms with Gasteiger partial charge in [0, 0.05) is 12.1 Å². The van der Waals surface area contributed by atoms with Crippen molar-refractivity contribution in [3.8, 4) is 5.75 Å². The summed E-state index contributed by atoms with van der Waals surface area (Å²) < 4.78 is 18.2. The molecule has 0 fully saturated rings. The average molecular weight is 287 g/mol. The molecule has 4 heteroatoms. The number of benzene rings is 2. The van der Waals surface area contributed by atoms with Crippen LogP contribution < -0.4 is 10.1 Å². The normalized spacial score (nSPS) is 10.1. The van der Waals surface area contributed by atoms with Gasteiger partial charge in [0.2, 0.25) is 0 Å². The first-order valence-electron chi connectivity index (χ1n) is 6.97. The van der Waals surface area contributed by atoms with Gasteiger partial charge in [0.1, 0.15) is 11.6 Å². The molecule has 0 radical (unpaired) electrons. The third-order valence-electron chi connectivity index (χ3n) is 2.98. The lowest BCUT2D eigenvalue weighted by molar-refractivity contribution is 0.0952. The summed E-state index contributed by atoms with van der Waals surface area (Å²) in [5, 5.41) is 2.86. The number of ether oxygens (including phenoxy) is 1. The molecule has 110 valence electrons. The molecule has 0 saturated carbocycles. The SMILES string of the molecule is O=C(NCCCCOc1ccc(F)cc1)c1ccccc1. The topological polar surface area (TPSA) is 38.3 Å². The Bertz CT molecular complexity index is 555. The van der Waals surface area contributed by atoms with Gasteiger partial charge in [0.05, 0.1) is 6.61 Å². The van der Waals surface area contributed by atoms with Crippen LogP contribution in [0.1, 0.15) is 23.2 Å². The molecule has 21 heavy (non-hydrogen) atoms. The van der Waals surface area contributed by atoms with E-state index in [9.17, 15) is 9.18 Å². The minimum Gasteiger partial charge on any atom is -0.494 e. The number of halogens is 1. The van der Waals surface area contributed by atoms with E-state index in [1.54, 1.807) is 24.3 Å². The quantitative estimate of drug-likeness (QED) is 0.792. The zero-order chi connectivity index (χ0) is 14.9. The molecule has 2 rings (SSSR count). The highest BCUT2D eigenvalue weighted by atomic mass is 19.1. The Morgan fingerprint density at radius 1 is 1.00 bits per heavy atom. The molecular formula is C17H18FNO2. The van der Waals surface area contributed by atoms with Crippen LogP contribution in [0.3, 0.4) is 0 Å². The van der Waals surface area contributed by atoms with Crippen LogP contribution in [0.25, 0.3) is 0 Å². The van der Waals surface area contributed by atoms with Crippen molar-refractivity contribution in [1.29, 1.82) is 0 Å². The summed E-state index contributed by atoms with van der Waals surface area (Å²) in [5.74, 6) is 0.325. The Balaban J connectivity index is 1.58. The van der Waals surface area contributed by atoms with Gasteiger partial charge < -0.3 is 10.1 Å². The highest BCUT2D eigenvalue weighted by Crippen LogP contribution is 2.11. The predicted octanol–water partition coefficient (Wildman–Crippen LogP) is 3.41. The van der Waals surface area contributed by atoms with E-state index in [1.165, 1.54) is 12.1 Å². The lowest BCUT2D eigenvalue weighted by atomic mass is 10.2. The van der Waals surface area contributed by atoms with Crippen molar-refractivity contribution >= 4 is 5.91 Å². The molecule has 3 nitrogen and oxygen atoms in total. The molecule has 1 amide bonds. The first kappa shape index (κ1) is 15.0. The highest BCUT2D eigenvalue weighted by molar-refractivity contribution is 5.94. The molecule has 0 aromatic heterocycles. The first-order valence-corrected chi connectivity index (χ1v) is 6.97. The van der Waals surface area contributed by atoms with Crippen molar-refractivity contribution in [3.05, 3.63) is 66.0 Å². The molecule has 0 saturated heterocycles. The van der Waals surface area contributed by atoms with E-state index in [2.05, 4.69) is 5.32 Å². The summed E-state index contributed by atoms with van der Waals surface area (Å²) in [4.78, 5) is 11.8. The van der Waals surface area contributed by atoms with Gasteiger partial charge in [-0.15, -0.1) is 0 Å². The Hall–Kier alpha value is -2.36. The highest BCUT2D eigenvalue weighted by Gasteiger charge is 2.02. The number of carbonyl (C=O) groups is 1. The standard InChI is InChI=1S/C17H18FNO2/c18-15-8-10-16(11-9-15)21-13-5-4-12-19-17(20)14-6-2-1-3-7-14/h1-3,6-11H,4-5,12-13H2,(H,19,20). The van der Waals surface area contributed by atoms with Crippen LogP contribution in [0, 0.1) is 5.82 Å². The molecule has 1 N–H and O–H groups in total. The third-order valence-corrected chi connectivity index (χ3v) is 2.98. The van der Waals surface area contributed by atoms with Crippen molar-refractivity contribution in [2.45, 2.75) is 12.8 Å². The molecule has 0 bridgehead atoms. The van der Waals surface area contributed by atoms with Gasteiger partial charge in [0.25, 0.3) is 5.91 Å². The van der Waals surface area contributed by atoms with E-state index in [-0.39, 0.29) is 11.7 Å². The second-order valence-corrected chi connectivity index (χ2v) is 4.63. The maximum absolute atomic E-state index is 12.7. The number of hydrogen-bond donors (Lipinski definition) is 1. The fourth-order valence-electron chi connectivity index (χ4n) is 1.84. The minimum atomic E-state index is -0.272. The van der Waals surface area contributed by atoms with E-state index >= 15 is 0 Å². The third kappa shape index (κ3) is 5.26. The Labute approximate surface area is 123 Å². The largest absolute Gasteiger partial charge is 0.494 e. The van der Waals surface area contributed by atoms with E-state index in [0.717, 1.165) is 12.8 Å². The van der Waals surface area contributed by atoms with Gasteiger partial charge in [-0.2, -0.15) is 0 Å². The summed E-state index contributed by atoms with van der Waals surface area (Å²) in [5.41, 5.74) is 0.667. The van der Waals surface area contributed by atoms with E-state index in [1.807, 2.05) is 18.2 Å². The second kappa shape index (κ2) is 8.04. The van der Waals surface area contributed by atoms with Gasteiger partial charge in [-0.25, -0.2) is 4.39 Å². The van der Waals surface area contributed by atoms with Crippen LogP contribution >= 0.6 is 0 Å². The van der Waals surface area contributed by atoms with Gasteiger partial charge in [-0.1, -0.05) is 18.2 Å². The number of nitrogens with one attached hydrogen (secondary N) is 1. The summed E-state index contributed by atoms with van der Waals surface area (Å²) in [7, 11) is 0. The lowest BCUT2D eigenvalue weighted by Crippen LogP contribution is -2.24. The lowest BCUT2D eigenvalue weighted by Gasteiger charge is -2.07. The summed E-state index contributed by atoms with van der Waals surface area (Å²) in [6.07, 6.45) is 1.66. The zero-order valence-corrected chi connectivity index (χ0v) is 11.7. The van der Waals surface area contributed by atoms with Gasteiger partial charge in [-0.05, 0) is 49.2 Å². The Morgan fingerprint density at radius 2 is 1.71 bits per heavy atom.